The van der Waals surface area contributed by atoms with Crippen LogP contribution < -0.4 is 15.0 Å². The molecule has 2 aromatic carbocycles. The van der Waals surface area contributed by atoms with Crippen molar-refractivity contribution in [2.75, 3.05) is 23.3 Å². The van der Waals surface area contributed by atoms with Crippen LogP contribution in [-0.2, 0) is 9.59 Å². The van der Waals surface area contributed by atoms with Crippen LogP contribution in [0, 0.1) is 6.92 Å². The highest BCUT2D eigenvalue weighted by molar-refractivity contribution is 6.44. The molecule has 0 spiro atoms. The molecule has 1 N–H and O–H groups in total. The van der Waals surface area contributed by atoms with Gasteiger partial charge in [0.05, 0.1) is 33.0 Å². The van der Waals surface area contributed by atoms with E-state index in [1.54, 1.807) is 11.0 Å². The van der Waals surface area contributed by atoms with Crippen LogP contribution in [0.15, 0.2) is 30.3 Å². The third kappa shape index (κ3) is 4.00. The monoisotopic (exact) mass is 398 g/mol. The van der Waals surface area contributed by atoms with Crippen molar-refractivity contribution in [3.8, 4) is 5.75 Å². The zero-order chi connectivity index (χ0) is 18.1. The van der Waals surface area contributed by atoms with Gasteiger partial charge < -0.3 is 15.0 Å². The van der Waals surface area contributed by atoms with Crippen molar-refractivity contribution < 1.29 is 14.3 Å². The zero-order valence-electron chi connectivity index (χ0n) is 13.1. The van der Waals surface area contributed by atoms with Gasteiger partial charge in [-0.2, -0.15) is 0 Å². The van der Waals surface area contributed by atoms with E-state index in [1.165, 1.54) is 12.1 Å². The van der Waals surface area contributed by atoms with Gasteiger partial charge >= 0.3 is 5.97 Å². The summed E-state index contributed by atoms with van der Waals surface area (Å²) in [4.78, 5) is 25.8. The van der Waals surface area contributed by atoms with Crippen molar-refractivity contribution in [3.05, 3.63) is 51.0 Å². The molecule has 0 unspecified atom stereocenters. The molecule has 0 aromatic heterocycles. The topological polar surface area (TPSA) is 58.6 Å². The summed E-state index contributed by atoms with van der Waals surface area (Å²) in [6.07, 6.45) is 0. The number of hydrogen-bond acceptors (Lipinski definition) is 4. The number of aryl methyl sites for hydroxylation is 1. The number of ether oxygens (including phenoxy) is 1. The zero-order valence-corrected chi connectivity index (χ0v) is 15.4. The van der Waals surface area contributed by atoms with Gasteiger partial charge in [0.1, 0.15) is 6.54 Å². The maximum atomic E-state index is 12.4. The molecule has 0 saturated carbocycles. The third-order valence-corrected chi connectivity index (χ3v) is 4.65. The predicted molar refractivity (Wildman–Crippen MR) is 99.1 cm³/mol. The second-order valence-electron chi connectivity index (χ2n) is 5.60. The van der Waals surface area contributed by atoms with Crippen molar-refractivity contribution in [3.63, 3.8) is 0 Å². The van der Waals surface area contributed by atoms with E-state index in [-0.39, 0.29) is 29.0 Å². The minimum absolute atomic E-state index is 0.0153. The molecule has 1 heterocycles. The average molecular weight is 400 g/mol. The minimum Gasteiger partial charge on any atom is -0.423 e. The Balaban J connectivity index is 1.78. The first-order valence-corrected chi connectivity index (χ1v) is 8.47. The number of halogens is 3. The maximum absolute atomic E-state index is 12.4. The number of hydrogen-bond donors (Lipinski definition) is 1. The summed E-state index contributed by atoms with van der Waals surface area (Å²) in [7, 11) is 0. The highest BCUT2D eigenvalue weighted by Gasteiger charge is 2.26. The highest BCUT2D eigenvalue weighted by atomic mass is 35.5. The fourth-order valence-electron chi connectivity index (χ4n) is 2.48. The molecule has 5 nitrogen and oxygen atoms in total. The molecular formula is C17H13Cl3N2O3. The summed E-state index contributed by atoms with van der Waals surface area (Å²) in [6.45, 7) is 1.84. The summed E-state index contributed by atoms with van der Waals surface area (Å²) in [5, 5.41) is 3.53. The molecule has 3 rings (SSSR count). The quantitative estimate of drug-likeness (QED) is 0.474. The van der Waals surface area contributed by atoms with Gasteiger partial charge in [-0.15, -0.1) is 0 Å². The molecule has 0 aliphatic carbocycles. The molecule has 1 aliphatic heterocycles. The Morgan fingerprint density at radius 1 is 1.16 bits per heavy atom. The first-order chi connectivity index (χ1) is 11.8. The first-order valence-electron chi connectivity index (χ1n) is 7.34. The maximum Gasteiger partial charge on any atom is 0.331 e. The van der Waals surface area contributed by atoms with E-state index in [9.17, 15) is 9.59 Å². The SMILES string of the molecule is Cc1ccc2c(c1)OC(=O)CN2CC(=O)Nc1cc(Cl)c(Cl)cc1Cl. The molecule has 2 aromatic rings. The standard InChI is InChI=1S/C17H13Cl3N2O3/c1-9-2-3-14-15(4-9)25-17(24)8-22(14)7-16(23)21-13-6-11(19)10(18)5-12(13)20/h2-6H,7-8H2,1H3,(H,21,23). The van der Waals surface area contributed by atoms with E-state index in [0.29, 0.717) is 22.1 Å². The van der Waals surface area contributed by atoms with Crippen molar-refractivity contribution in [2.24, 2.45) is 0 Å². The summed E-state index contributed by atoms with van der Waals surface area (Å²) in [6, 6.07) is 8.39. The number of nitrogens with zero attached hydrogens (tertiary/aromatic N) is 1. The predicted octanol–water partition coefficient (Wildman–Crippen LogP) is 4.32. The van der Waals surface area contributed by atoms with Crippen LogP contribution in [0.5, 0.6) is 5.75 Å². The van der Waals surface area contributed by atoms with Crippen molar-refractivity contribution in [1.29, 1.82) is 0 Å². The van der Waals surface area contributed by atoms with Gasteiger partial charge in [0.25, 0.3) is 0 Å². The number of rotatable bonds is 3. The second kappa shape index (κ2) is 7.12. The van der Waals surface area contributed by atoms with Crippen LogP contribution in [0.3, 0.4) is 0 Å². The minimum atomic E-state index is -0.418. The van der Waals surface area contributed by atoms with Gasteiger partial charge in [-0.3, -0.25) is 4.79 Å². The van der Waals surface area contributed by atoms with E-state index in [4.69, 9.17) is 39.5 Å². The molecular weight excluding hydrogens is 387 g/mol. The lowest BCUT2D eigenvalue weighted by atomic mass is 10.1. The number of anilines is 2. The number of esters is 1. The Kier molecular flexibility index (Phi) is 5.08. The van der Waals surface area contributed by atoms with Crippen LogP contribution in [0.4, 0.5) is 11.4 Å². The Labute approximate surface area is 159 Å². The molecule has 130 valence electrons. The first kappa shape index (κ1) is 17.9. The fraction of sp³-hybridized carbons (Fsp3) is 0.176. The van der Waals surface area contributed by atoms with E-state index in [0.717, 1.165) is 5.56 Å². The lowest BCUT2D eigenvalue weighted by Gasteiger charge is -2.29. The third-order valence-electron chi connectivity index (χ3n) is 3.62. The molecule has 0 bridgehead atoms. The van der Waals surface area contributed by atoms with Crippen LogP contribution in [0.2, 0.25) is 15.1 Å². The van der Waals surface area contributed by atoms with Gasteiger partial charge in [-0.1, -0.05) is 40.9 Å². The average Bonchev–Trinajstić information content (AvgIpc) is 2.51. The molecule has 0 radical (unpaired) electrons. The normalized spacial score (nSPS) is 13.3. The number of carbonyl (C=O) groups is 2. The fourth-order valence-corrected chi connectivity index (χ4v) is 3.08. The number of benzene rings is 2. The summed E-state index contributed by atoms with van der Waals surface area (Å²) in [5.41, 5.74) is 1.99. The second-order valence-corrected chi connectivity index (χ2v) is 6.82. The van der Waals surface area contributed by atoms with E-state index in [1.807, 2.05) is 19.1 Å². The van der Waals surface area contributed by atoms with Crippen molar-refractivity contribution >= 4 is 58.1 Å². The van der Waals surface area contributed by atoms with Gasteiger partial charge in [0.2, 0.25) is 5.91 Å². The van der Waals surface area contributed by atoms with Gasteiger partial charge in [-0.25, -0.2) is 4.79 Å². The summed E-state index contributed by atoms with van der Waals surface area (Å²) in [5.74, 6) is -0.323. The Morgan fingerprint density at radius 3 is 2.64 bits per heavy atom. The largest absolute Gasteiger partial charge is 0.423 e. The van der Waals surface area contributed by atoms with E-state index < -0.39 is 5.97 Å². The van der Waals surface area contributed by atoms with Crippen LogP contribution in [0.1, 0.15) is 5.56 Å². The van der Waals surface area contributed by atoms with Crippen LogP contribution >= 0.6 is 34.8 Å². The number of carbonyl (C=O) groups excluding carboxylic acids is 2. The molecule has 1 aliphatic rings. The van der Waals surface area contributed by atoms with Gasteiger partial charge in [0.15, 0.2) is 5.75 Å². The lowest BCUT2D eigenvalue weighted by Crippen LogP contribution is -2.41. The highest BCUT2D eigenvalue weighted by Crippen LogP contribution is 2.34. The molecule has 25 heavy (non-hydrogen) atoms. The number of amides is 1. The molecule has 0 atom stereocenters. The van der Waals surface area contributed by atoms with Crippen molar-refractivity contribution in [2.45, 2.75) is 6.92 Å². The lowest BCUT2D eigenvalue weighted by molar-refractivity contribution is -0.133. The Hall–Kier alpha value is -1.95. The van der Waals surface area contributed by atoms with Gasteiger partial charge in [-0.05, 0) is 36.8 Å². The molecule has 0 saturated heterocycles. The summed E-state index contributed by atoms with van der Waals surface area (Å²) < 4.78 is 5.23. The van der Waals surface area contributed by atoms with Crippen molar-refractivity contribution in [1.82, 2.24) is 0 Å². The van der Waals surface area contributed by atoms with Crippen LogP contribution in [0.25, 0.3) is 0 Å². The van der Waals surface area contributed by atoms with Crippen LogP contribution in [-0.4, -0.2) is 25.0 Å². The Bertz CT molecular complexity index is 870. The molecule has 1 amide bonds. The van der Waals surface area contributed by atoms with Gasteiger partial charge in [0, 0.05) is 0 Å². The number of fused-ring (bicyclic) bond motifs is 1. The van der Waals surface area contributed by atoms with E-state index in [2.05, 4.69) is 5.32 Å². The van der Waals surface area contributed by atoms with E-state index >= 15 is 0 Å². The molecule has 8 heteroatoms. The Morgan fingerprint density at radius 2 is 1.88 bits per heavy atom. The summed E-state index contributed by atoms with van der Waals surface area (Å²) >= 11 is 17.9. The smallest absolute Gasteiger partial charge is 0.331 e. The molecule has 0 fully saturated rings. The number of nitrogens with one attached hydrogen (secondary N) is 1.